The van der Waals surface area contributed by atoms with Crippen LogP contribution in [0.15, 0.2) is 26.2 Å². The predicted octanol–water partition coefficient (Wildman–Crippen LogP) is 1.75. The van der Waals surface area contributed by atoms with Crippen LogP contribution < -0.4 is 0 Å². The van der Waals surface area contributed by atoms with E-state index in [-0.39, 0.29) is 23.3 Å². The maximum atomic E-state index is 12.9. The lowest BCUT2D eigenvalue weighted by Gasteiger charge is -2.16. The third-order valence-electron chi connectivity index (χ3n) is 4.18. The van der Waals surface area contributed by atoms with E-state index >= 15 is 0 Å². The Morgan fingerprint density at radius 2 is 2.23 bits per heavy atom. The zero-order valence-electron chi connectivity index (χ0n) is 12.4. The van der Waals surface area contributed by atoms with E-state index in [4.69, 9.17) is 4.52 Å². The molecule has 0 aliphatic carbocycles. The molecular formula is C14H18N2O4S2. The van der Waals surface area contributed by atoms with Crippen LogP contribution in [-0.2, 0) is 10.0 Å². The summed E-state index contributed by atoms with van der Waals surface area (Å²) in [6.45, 7) is 3.87. The molecule has 6 nitrogen and oxygen atoms in total. The minimum absolute atomic E-state index is 0.0199. The molecule has 22 heavy (non-hydrogen) atoms. The van der Waals surface area contributed by atoms with Crippen molar-refractivity contribution in [1.29, 1.82) is 0 Å². The zero-order chi connectivity index (χ0) is 15.9. The van der Waals surface area contributed by atoms with Gasteiger partial charge >= 0.3 is 0 Å². The van der Waals surface area contributed by atoms with Crippen LogP contribution in [0, 0.1) is 19.8 Å². The molecule has 8 heteroatoms. The van der Waals surface area contributed by atoms with Gasteiger partial charge in [0.1, 0.15) is 10.6 Å². The fraction of sp³-hybridized carbons (Fsp3) is 0.500. The van der Waals surface area contributed by atoms with Gasteiger partial charge in [0, 0.05) is 31.5 Å². The molecule has 2 atom stereocenters. The van der Waals surface area contributed by atoms with Crippen LogP contribution in [0.4, 0.5) is 0 Å². The van der Waals surface area contributed by atoms with Crippen molar-refractivity contribution in [3.05, 3.63) is 33.8 Å². The lowest BCUT2D eigenvalue weighted by atomic mass is 9.92. The number of nitrogens with zero attached hydrogens (tertiary/aromatic N) is 2. The number of rotatable bonds is 4. The molecule has 0 unspecified atom stereocenters. The van der Waals surface area contributed by atoms with Gasteiger partial charge in [0.15, 0.2) is 5.76 Å². The van der Waals surface area contributed by atoms with Crippen LogP contribution in [0.2, 0.25) is 0 Å². The van der Waals surface area contributed by atoms with Gasteiger partial charge in [-0.15, -0.1) is 0 Å². The monoisotopic (exact) mass is 342 g/mol. The first kappa shape index (κ1) is 15.7. The largest absolute Gasteiger partial charge is 0.396 e. The van der Waals surface area contributed by atoms with E-state index in [2.05, 4.69) is 5.16 Å². The lowest BCUT2D eigenvalue weighted by molar-refractivity contribution is 0.223. The Hall–Kier alpha value is -1.22. The molecular weight excluding hydrogens is 324 g/mol. The van der Waals surface area contributed by atoms with Crippen molar-refractivity contribution in [2.45, 2.75) is 24.7 Å². The topological polar surface area (TPSA) is 83.6 Å². The number of aryl methyl sites for hydroxylation is 2. The summed E-state index contributed by atoms with van der Waals surface area (Å²) in [5.74, 6) is 0.230. The van der Waals surface area contributed by atoms with Crippen LogP contribution in [-0.4, -0.2) is 42.7 Å². The van der Waals surface area contributed by atoms with Crippen LogP contribution in [0.25, 0.3) is 0 Å². The second kappa shape index (κ2) is 5.77. The van der Waals surface area contributed by atoms with E-state index in [9.17, 15) is 13.5 Å². The van der Waals surface area contributed by atoms with Gasteiger partial charge in [0.2, 0.25) is 10.0 Å². The van der Waals surface area contributed by atoms with Crippen LogP contribution in [0.1, 0.15) is 22.9 Å². The molecule has 1 N–H and O–H groups in total. The summed E-state index contributed by atoms with van der Waals surface area (Å²) in [7, 11) is -3.65. The molecule has 1 aliphatic rings. The summed E-state index contributed by atoms with van der Waals surface area (Å²) in [6.07, 6.45) is 0. The summed E-state index contributed by atoms with van der Waals surface area (Å²) in [4.78, 5) is 0.148. The van der Waals surface area contributed by atoms with E-state index in [0.717, 1.165) is 5.56 Å². The van der Waals surface area contributed by atoms with Crippen LogP contribution in [0.3, 0.4) is 0 Å². The molecule has 2 aromatic heterocycles. The highest BCUT2D eigenvalue weighted by atomic mass is 32.2. The molecule has 2 aromatic rings. The number of hydrogen-bond acceptors (Lipinski definition) is 6. The zero-order valence-corrected chi connectivity index (χ0v) is 14.0. The quantitative estimate of drug-likeness (QED) is 0.915. The van der Waals surface area contributed by atoms with E-state index in [1.807, 2.05) is 16.8 Å². The maximum absolute atomic E-state index is 12.9. The molecule has 120 valence electrons. The third-order valence-corrected chi connectivity index (χ3v) is 6.96. The normalized spacial score (nSPS) is 23.2. The molecule has 1 aliphatic heterocycles. The molecule has 0 radical (unpaired) electrons. The fourth-order valence-corrected chi connectivity index (χ4v) is 5.59. The van der Waals surface area contributed by atoms with Crippen molar-refractivity contribution in [2.75, 3.05) is 19.7 Å². The SMILES string of the molecule is Cc1noc(C)c1S(=O)(=O)N1C[C@H](CO)[C@@H](c2ccsc2)C1. The summed E-state index contributed by atoms with van der Waals surface area (Å²) < 4.78 is 32.1. The minimum atomic E-state index is -3.65. The Kier molecular flexibility index (Phi) is 4.11. The third kappa shape index (κ3) is 2.50. The van der Waals surface area contributed by atoms with E-state index in [1.165, 1.54) is 4.31 Å². The number of sulfonamides is 1. The highest BCUT2D eigenvalue weighted by Crippen LogP contribution is 2.37. The molecule has 0 saturated carbocycles. The lowest BCUT2D eigenvalue weighted by Crippen LogP contribution is -2.30. The summed E-state index contributed by atoms with van der Waals surface area (Å²) >= 11 is 1.58. The molecule has 0 amide bonds. The van der Waals surface area contributed by atoms with Gasteiger partial charge in [0.25, 0.3) is 0 Å². The number of hydrogen-bond donors (Lipinski definition) is 1. The van der Waals surface area contributed by atoms with E-state index in [1.54, 1.807) is 25.2 Å². The smallest absolute Gasteiger partial charge is 0.248 e. The van der Waals surface area contributed by atoms with Gasteiger partial charge in [0.05, 0.1) is 0 Å². The second-order valence-corrected chi connectivity index (χ2v) is 8.24. The van der Waals surface area contributed by atoms with Gasteiger partial charge in [-0.1, -0.05) is 5.16 Å². The van der Waals surface area contributed by atoms with E-state index < -0.39 is 10.0 Å². The van der Waals surface area contributed by atoms with Gasteiger partial charge in [-0.25, -0.2) is 8.42 Å². The molecule has 3 heterocycles. The first-order valence-electron chi connectivity index (χ1n) is 7.01. The number of aliphatic hydroxyl groups excluding tert-OH is 1. The Labute approximate surface area is 133 Å². The van der Waals surface area contributed by atoms with Gasteiger partial charge in [-0.3, -0.25) is 0 Å². The molecule has 1 saturated heterocycles. The number of aliphatic hydroxyl groups is 1. The van der Waals surface area contributed by atoms with Crippen LogP contribution in [0.5, 0.6) is 0 Å². The molecule has 0 bridgehead atoms. The fourth-order valence-electron chi connectivity index (χ4n) is 3.05. The van der Waals surface area contributed by atoms with Crippen molar-refractivity contribution in [1.82, 2.24) is 9.46 Å². The standard InChI is InChI=1S/C14H18N2O4S2/c1-9-14(10(2)20-15-9)22(18,19)16-5-12(7-17)13(6-16)11-3-4-21-8-11/h3-4,8,12-13,17H,5-7H2,1-2H3/t12-,13-/m1/s1. The van der Waals surface area contributed by atoms with Gasteiger partial charge in [-0.05, 0) is 36.2 Å². The second-order valence-electron chi connectivity index (χ2n) is 5.58. The predicted molar refractivity (Wildman–Crippen MR) is 82.4 cm³/mol. The van der Waals surface area contributed by atoms with Gasteiger partial charge < -0.3 is 9.63 Å². The summed E-state index contributed by atoms with van der Waals surface area (Å²) in [6, 6.07) is 1.99. The van der Waals surface area contributed by atoms with Crippen molar-refractivity contribution < 1.29 is 18.0 Å². The molecule has 0 spiro atoms. The average molecular weight is 342 g/mol. The number of aromatic nitrogens is 1. The van der Waals surface area contributed by atoms with Crippen molar-refractivity contribution in [3.63, 3.8) is 0 Å². The van der Waals surface area contributed by atoms with Crippen molar-refractivity contribution in [2.24, 2.45) is 5.92 Å². The van der Waals surface area contributed by atoms with Gasteiger partial charge in [-0.2, -0.15) is 15.6 Å². The Balaban J connectivity index is 1.93. The highest BCUT2D eigenvalue weighted by molar-refractivity contribution is 7.89. The van der Waals surface area contributed by atoms with Crippen molar-refractivity contribution >= 4 is 21.4 Å². The Morgan fingerprint density at radius 3 is 2.77 bits per heavy atom. The molecule has 3 rings (SSSR count). The first-order valence-corrected chi connectivity index (χ1v) is 9.39. The molecule has 0 aromatic carbocycles. The van der Waals surface area contributed by atoms with E-state index in [0.29, 0.717) is 24.5 Å². The minimum Gasteiger partial charge on any atom is -0.396 e. The highest BCUT2D eigenvalue weighted by Gasteiger charge is 2.41. The number of thiophene rings is 1. The Bertz CT molecular complexity index is 732. The van der Waals surface area contributed by atoms with Crippen LogP contribution >= 0.6 is 11.3 Å². The maximum Gasteiger partial charge on any atom is 0.248 e. The Morgan fingerprint density at radius 1 is 1.45 bits per heavy atom. The summed E-state index contributed by atoms with van der Waals surface area (Å²) in [5.41, 5.74) is 1.46. The first-order chi connectivity index (χ1) is 10.4. The summed E-state index contributed by atoms with van der Waals surface area (Å²) in [5, 5.41) is 17.3. The molecule has 1 fully saturated rings. The van der Waals surface area contributed by atoms with Crippen molar-refractivity contribution in [3.8, 4) is 0 Å². The average Bonchev–Trinajstić information content (AvgIpc) is 3.17.